The second-order valence-corrected chi connectivity index (χ2v) is 9.72. The number of nitrogens with zero attached hydrogens (tertiary/aromatic N) is 2. The predicted octanol–water partition coefficient (Wildman–Crippen LogP) is 5.24. The van der Waals surface area contributed by atoms with Crippen molar-refractivity contribution in [2.24, 2.45) is 0 Å². The SMILES string of the molecule is CCOC(=O)c1c(NC(=S)N2CCN(c3ccc(F)cc3)CC2)sc2c1CCCCCC2. The van der Waals surface area contributed by atoms with E-state index in [9.17, 15) is 9.18 Å². The molecule has 172 valence electrons. The van der Waals surface area contributed by atoms with Crippen LogP contribution in [0.2, 0.25) is 0 Å². The summed E-state index contributed by atoms with van der Waals surface area (Å²) in [6.07, 6.45) is 6.64. The Labute approximate surface area is 198 Å². The minimum absolute atomic E-state index is 0.222. The molecule has 1 saturated heterocycles. The number of thiocarbonyl (C=S) groups is 1. The van der Waals surface area contributed by atoms with Crippen molar-refractivity contribution in [3.8, 4) is 0 Å². The van der Waals surface area contributed by atoms with Gasteiger partial charge < -0.3 is 19.9 Å². The molecule has 0 atom stereocenters. The van der Waals surface area contributed by atoms with E-state index in [0.29, 0.717) is 17.3 Å². The number of piperazine rings is 1. The van der Waals surface area contributed by atoms with Gasteiger partial charge in [0.25, 0.3) is 0 Å². The molecular formula is C24H30FN3O2S2. The van der Waals surface area contributed by atoms with E-state index in [0.717, 1.165) is 68.1 Å². The fourth-order valence-electron chi connectivity index (χ4n) is 4.42. The van der Waals surface area contributed by atoms with Crippen LogP contribution in [0.3, 0.4) is 0 Å². The topological polar surface area (TPSA) is 44.8 Å². The van der Waals surface area contributed by atoms with E-state index < -0.39 is 0 Å². The van der Waals surface area contributed by atoms with E-state index in [1.165, 1.54) is 29.9 Å². The number of hydrogen-bond donors (Lipinski definition) is 1. The first-order valence-corrected chi connectivity index (χ1v) is 12.7. The average molecular weight is 476 g/mol. The number of benzene rings is 1. The Bertz CT molecular complexity index is 953. The van der Waals surface area contributed by atoms with Gasteiger partial charge in [0.15, 0.2) is 5.11 Å². The number of hydrogen-bond acceptors (Lipinski definition) is 5. The summed E-state index contributed by atoms with van der Waals surface area (Å²) in [5.74, 6) is -0.475. The van der Waals surface area contributed by atoms with E-state index in [1.807, 2.05) is 19.1 Å². The molecule has 1 fully saturated rings. The van der Waals surface area contributed by atoms with Crippen molar-refractivity contribution in [1.82, 2.24) is 4.90 Å². The number of carbonyl (C=O) groups excluding carboxylic acids is 1. The lowest BCUT2D eigenvalue weighted by atomic mass is 9.96. The fraction of sp³-hybridized carbons (Fsp3) is 0.500. The van der Waals surface area contributed by atoms with E-state index in [-0.39, 0.29) is 11.8 Å². The van der Waals surface area contributed by atoms with Crippen molar-refractivity contribution < 1.29 is 13.9 Å². The lowest BCUT2D eigenvalue weighted by Gasteiger charge is -2.37. The van der Waals surface area contributed by atoms with Crippen LogP contribution in [0.15, 0.2) is 24.3 Å². The molecule has 2 aromatic rings. The highest BCUT2D eigenvalue weighted by Crippen LogP contribution is 2.38. The molecule has 1 N–H and O–H groups in total. The number of anilines is 2. The number of halogens is 1. The first-order chi connectivity index (χ1) is 15.6. The molecule has 2 heterocycles. The Morgan fingerprint density at radius 1 is 1.09 bits per heavy atom. The van der Waals surface area contributed by atoms with Gasteiger partial charge in [-0.25, -0.2) is 9.18 Å². The predicted molar refractivity (Wildman–Crippen MR) is 133 cm³/mol. The Balaban J connectivity index is 1.46. The van der Waals surface area contributed by atoms with Gasteiger partial charge in [0.05, 0.1) is 12.2 Å². The molecule has 1 aromatic carbocycles. The summed E-state index contributed by atoms with van der Waals surface area (Å²) in [4.78, 5) is 18.5. The molecule has 4 rings (SSSR count). The Kier molecular flexibility index (Phi) is 7.63. The summed E-state index contributed by atoms with van der Waals surface area (Å²) in [5, 5.41) is 4.85. The lowest BCUT2D eigenvalue weighted by molar-refractivity contribution is 0.0526. The zero-order valence-corrected chi connectivity index (χ0v) is 20.1. The maximum Gasteiger partial charge on any atom is 0.341 e. The molecule has 0 bridgehead atoms. The van der Waals surface area contributed by atoms with Gasteiger partial charge in [-0.1, -0.05) is 12.8 Å². The number of nitrogens with one attached hydrogen (secondary N) is 1. The fourth-order valence-corrected chi connectivity index (χ4v) is 6.05. The van der Waals surface area contributed by atoms with Gasteiger partial charge in [0, 0.05) is 36.7 Å². The van der Waals surface area contributed by atoms with Gasteiger partial charge in [-0.05, 0) is 74.7 Å². The van der Waals surface area contributed by atoms with Gasteiger partial charge in [0.1, 0.15) is 10.8 Å². The van der Waals surface area contributed by atoms with Gasteiger partial charge in [-0.2, -0.15) is 0 Å². The second kappa shape index (κ2) is 10.6. The van der Waals surface area contributed by atoms with Gasteiger partial charge in [-0.3, -0.25) is 0 Å². The first-order valence-electron chi connectivity index (χ1n) is 11.4. The zero-order valence-electron chi connectivity index (χ0n) is 18.5. The molecule has 8 heteroatoms. The molecular weight excluding hydrogens is 445 g/mol. The minimum atomic E-state index is -0.253. The molecule has 0 unspecified atom stereocenters. The van der Waals surface area contributed by atoms with Crippen LogP contribution in [0, 0.1) is 5.82 Å². The summed E-state index contributed by atoms with van der Waals surface area (Å²) in [6, 6.07) is 6.62. The molecule has 0 radical (unpaired) electrons. The minimum Gasteiger partial charge on any atom is -0.462 e. The summed E-state index contributed by atoms with van der Waals surface area (Å²) in [7, 11) is 0. The molecule has 32 heavy (non-hydrogen) atoms. The van der Waals surface area contributed by atoms with Crippen LogP contribution in [0.4, 0.5) is 15.1 Å². The first kappa shape index (κ1) is 23.0. The molecule has 2 aliphatic rings. The number of carbonyl (C=O) groups is 1. The van der Waals surface area contributed by atoms with Crippen LogP contribution >= 0.6 is 23.6 Å². The summed E-state index contributed by atoms with van der Waals surface area (Å²) < 4.78 is 18.6. The average Bonchev–Trinajstić information content (AvgIpc) is 3.10. The highest BCUT2D eigenvalue weighted by Gasteiger charge is 2.27. The Morgan fingerprint density at radius 3 is 2.47 bits per heavy atom. The van der Waals surface area contributed by atoms with Crippen LogP contribution in [0.5, 0.6) is 0 Å². The molecule has 0 spiro atoms. The summed E-state index contributed by atoms with van der Waals surface area (Å²) in [6.45, 7) is 5.34. The number of esters is 1. The third-order valence-electron chi connectivity index (χ3n) is 6.13. The van der Waals surface area contributed by atoms with Crippen molar-refractivity contribution in [2.75, 3.05) is 43.0 Å². The van der Waals surface area contributed by atoms with E-state index in [4.69, 9.17) is 17.0 Å². The summed E-state index contributed by atoms with van der Waals surface area (Å²) in [5.41, 5.74) is 2.85. The maximum atomic E-state index is 13.2. The number of rotatable bonds is 4. The van der Waals surface area contributed by atoms with Crippen molar-refractivity contribution >= 4 is 45.3 Å². The Hall–Kier alpha value is -2.19. The molecule has 1 aromatic heterocycles. The quantitative estimate of drug-likeness (QED) is 0.482. The Morgan fingerprint density at radius 2 is 1.78 bits per heavy atom. The maximum absolute atomic E-state index is 13.2. The van der Waals surface area contributed by atoms with E-state index in [2.05, 4.69) is 15.1 Å². The van der Waals surface area contributed by atoms with Crippen molar-refractivity contribution in [3.63, 3.8) is 0 Å². The monoisotopic (exact) mass is 475 g/mol. The molecule has 1 aliphatic carbocycles. The zero-order chi connectivity index (χ0) is 22.5. The van der Waals surface area contributed by atoms with Crippen molar-refractivity contribution in [1.29, 1.82) is 0 Å². The number of ether oxygens (including phenoxy) is 1. The van der Waals surface area contributed by atoms with Crippen molar-refractivity contribution in [3.05, 3.63) is 46.1 Å². The van der Waals surface area contributed by atoms with Crippen LogP contribution < -0.4 is 10.2 Å². The number of aryl methyl sites for hydroxylation is 1. The molecule has 5 nitrogen and oxygen atoms in total. The molecule has 1 aliphatic heterocycles. The molecule has 0 amide bonds. The van der Waals surface area contributed by atoms with E-state index in [1.54, 1.807) is 11.3 Å². The van der Waals surface area contributed by atoms with Crippen LogP contribution in [-0.4, -0.2) is 48.8 Å². The van der Waals surface area contributed by atoms with Crippen molar-refractivity contribution in [2.45, 2.75) is 45.4 Å². The van der Waals surface area contributed by atoms with Gasteiger partial charge in [0.2, 0.25) is 0 Å². The largest absolute Gasteiger partial charge is 0.462 e. The smallest absolute Gasteiger partial charge is 0.341 e. The third kappa shape index (κ3) is 5.23. The standard InChI is InChI=1S/C24H30FN3O2S2/c1-2-30-23(29)21-19-7-5-3-4-6-8-20(19)32-22(21)26-24(31)28-15-13-27(14-16-28)18-11-9-17(25)10-12-18/h9-12H,2-8,13-16H2,1H3,(H,26,31). The van der Waals surface area contributed by atoms with Crippen LogP contribution in [0.1, 0.15) is 53.4 Å². The van der Waals surface area contributed by atoms with E-state index >= 15 is 0 Å². The molecule has 0 saturated carbocycles. The second-order valence-electron chi connectivity index (χ2n) is 8.22. The number of thiophene rings is 1. The normalized spacial score (nSPS) is 16.7. The highest BCUT2D eigenvalue weighted by molar-refractivity contribution is 7.80. The van der Waals surface area contributed by atoms with Gasteiger partial charge in [-0.15, -0.1) is 11.3 Å². The lowest BCUT2D eigenvalue weighted by Crippen LogP contribution is -2.50. The van der Waals surface area contributed by atoms with Crippen LogP contribution in [-0.2, 0) is 17.6 Å². The number of fused-ring (bicyclic) bond motifs is 1. The summed E-state index contributed by atoms with van der Waals surface area (Å²) >= 11 is 7.39. The van der Waals surface area contributed by atoms with Gasteiger partial charge >= 0.3 is 5.97 Å². The highest BCUT2D eigenvalue weighted by atomic mass is 32.1. The van der Waals surface area contributed by atoms with Crippen LogP contribution in [0.25, 0.3) is 0 Å². The third-order valence-corrected chi connectivity index (χ3v) is 7.70.